The Hall–Kier alpha value is -3.17. The van der Waals surface area contributed by atoms with Gasteiger partial charge < -0.3 is 14.6 Å². The number of nitrogens with one attached hydrogen (secondary N) is 1. The van der Waals surface area contributed by atoms with Crippen LogP contribution in [0.1, 0.15) is 67.1 Å². The summed E-state index contributed by atoms with van der Waals surface area (Å²) >= 11 is 6.27. The van der Waals surface area contributed by atoms with E-state index in [0.717, 1.165) is 35.2 Å². The summed E-state index contributed by atoms with van der Waals surface area (Å²) in [6.07, 6.45) is 8.05. The van der Waals surface area contributed by atoms with Crippen LogP contribution in [-0.4, -0.2) is 23.5 Å². The van der Waals surface area contributed by atoms with E-state index in [2.05, 4.69) is 73.6 Å². The van der Waals surface area contributed by atoms with Crippen LogP contribution in [0.3, 0.4) is 0 Å². The molecule has 3 aromatic carbocycles. The third kappa shape index (κ3) is 6.82. The highest BCUT2D eigenvalue weighted by molar-refractivity contribution is 6.31. The van der Waals surface area contributed by atoms with Crippen molar-refractivity contribution in [3.05, 3.63) is 112 Å². The lowest BCUT2D eigenvalue weighted by Gasteiger charge is -2.35. The molecule has 1 atom stereocenters. The molecule has 0 radical (unpaired) electrons. The zero-order valence-electron chi connectivity index (χ0n) is 23.3. The van der Waals surface area contributed by atoms with Crippen LogP contribution in [0, 0.1) is 12.8 Å². The van der Waals surface area contributed by atoms with Crippen LogP contribution in [-0.2, 0) is 12.8 Å². The van der Waals surface area contributed by atoms with Gasteiger partial charge >= 0.3 is 0 Å². The Morgan fingerprint density at radius 1 is 1.05 bits per heavy atom. The molecule has 0 spiro atoms. The SMILES string of the molecule is C=CN1CCc2c([nH]c3ccc(Cl)cc23)C1c1ccc(CCCCC(C)C)cc1.COc1ccc(C)cc1. The van der Waals surface area contributed by atoms with Crippen molar-refractivity contribution in [1.29, 1.82) is 0 Å². The molecule has 4 aromatic rings. The molecule has 200 valence electrons. The number of rotatable bonds is 8. The number of fused-ring (bicyclic) bond motifs is 3. The Morgan fingerprint density at radius 2 is 1.79 bits per heavy atom. The minimum atomic E-state index is 0.178. The van der Waals surface area contributed by atoms with Gasteiger partial charge in [-0.25, -0.2) is 0 Å². The predicted molar refractivity (Wildman–Crippen MR) is 162 cm³/mol. The third-order valence-electron chi connectivity index (χ3n) is 7.41. The van der Waals surface area contributed by atoms with Gasteiger partial charge in [-0.3, -0.25) is 0 Å². The van der Waals surface area contributed by atoms with Gasteiger partial charge in [0.2, 0.25) is 0 Å². The lowest BCUT2D eigenvalue weighted by Crippen LogP contribution is -2.31. The molecule has 3 nitrogen and oxygen atoms in total. The number of aryl methyl sites for hydroxylation is 2. The van der Waals surface area contributed by atoms with Crippen molar-refractivity contribution < 1.29 is 4.74 Å². The Morgan fingerprint density at radius 3 is 2.45 bits per heavy atom. The number of aromatic nitrogens is 1. The summed E-state index contributed by atoms with van der Waals surface area (Å²) in [5, 5.41) is 2.05. The largest absolute Gasteiger partial charge is 0.497 e. The summed E-state index contributed by atoms with van der Waals surface area (Å²) in [5.41, 5.74) is 7.84. The van der Waals surface area contributed by atoms with Crippen LogP contribution in [0.4, 0.5) is 0 Å². The highest BCUT2D eigenvalue weighted by atomic mass is 35.5. The second kappa shape index (κ2) is 13.1. The van der Waals surface area contributed by atoms with Crippen molar-refractivity contribution in [1.82, 2.24) is 9.88 Å². The number of nitrogens with zero attached hydrogens (tertiary/aromatic N) is 1. The monoisotopic (exact) mass is 528 g/mol. The fraction of sp³-hybridized carbons (Fsp3) is 0.353. The number of benzene rings is 3. The van der Waals surface area contributed by atoms with Crippen LogP contribution >= 0.6 is 11.6 Å². The maximum atomic E-state index is 6.27. The molecule has 4 heteroatoms. The van der Waals surface area contributed by atoms with Crippen molar-refractivity contribution in [2.24, 2.45) is 5.92 Å². The molecule has 0 amide bonds. The Balaban J connectivity index is 0.000000317. The first-order valence-electron chi connectivity index (χ1n) is 13.8. The molecule has 1 aromatic heterocycles. The molecule has 0 saturated heterocycles. The van der Waals surface area contributed by atoms with E-state index in [4.69, 9.17) is 16.3 Å². The quantitative estimate of drug-likeness (QED) is 0.231. The zero-order valence-corrected chi connectivity index (χ0v) is 24.0. The molecule has 38 heavy (non-hydrogen) atoms. The predicted octanol–water partition coefficient (Wildman–Crippen LogP) is 9.28. The summed E-state index contributed by atoms with van der Waals surface area (Å²) in [6.45, 7) is 11.7. The normalized spacial score (nSPS) is 14.7. The van der Waals surface area contributed by atoms with E-state index >= 15 is 0 Å². The van der Waals surface area contributed by atoms with E-state index in [1.165, 1.54) is 59.0 Å². The fourth-order valence-corrected chi connectivity index (χ4v) is 5.43. The van der Waals surface area contributed by atoms with E-state index < -0.39 is 0 Å². The number of aromatic amines is 1. The molecule has 1 unspecified atom stereocenters. The van der Waals surface area contributed by atoms with E-state index in [9.17, 15) is 0 Å². The minimum Gasteiger partial charge on any atom is -0.497 e. The Bertz CT molecular complexity index is 1320. The van der Waals surface area contributed by atoms with Gasteiger partial charge in [0, 0.05) is 28.2 Å². The summed E-state index contributed by atoms with van der Waals surface area (Å²) in [7, 11) is 1.67. The van der Waals surface area contributed by atoms with Crippen molar-refractivity contribution in [3.63, 3.8) is 0 Å². The summed E-state index contributed by atoms with van der Waals surface area (Å²) in [6, 6.07) is 23.5. The maximum Gasteiger partial charge on any atom is 0.118 e. The number of halogens is 1. The van der Waals surface area contributed by atoms with Crippen LogP contribution in [0.2, 0.25) is 5.02 Å². The second-order valence-corrected chi connectivity index (χ2v) is 11.1. The molecular weight excluding hydrogens is 488 g/mol. The van der Waals surface area contributed by atoms with Crippen LogP contribution in [0.5, 0.6) is 5.75 Å². The molecular formula is C34H41ClN2O. The van der Waals surface area contributed by atoms with Gasteiger partial charge in [0.1, 0.15) is 5.75 Å². The van der Waals surface area contributed by atoms with Gasteiger partial charge in [-0.2, -0.15) is 0 Å². The number of unbranched alkanes of at least 4 members (excludes halogenated alkanes) is 1. The third-order valence-corrected chi connectivity index (χ3v) is 7.64. The Kier molecular flexibility index (Phi) is 9.58. The van der Waals surface area contributed by atoms with Gasteiger partial charge in [-0.05, 0) is 85.3 Å². The van der Waals surface area contributed by atoms with Crippen molar-refractivity contribution >= 4 is 22.5 Å². The highest BCUT2D eigenvalue weighted by Crippen LogP contribution is 2.39. The van der Waals surface area contributed by atoms with E-state index in [1.807, 2.05) is 36.5 Å². The first kappa shape index (κ1) is 27.9. The number of hydrogen-bond donors (Lipinski definition) is 1. The van der Waals surface area contributed by atoms with E-state index in [1.54, 1.807) is 7.11 Å². The fourth-order valence-electron chi connectivity index (χ4n) is 5.26. The van der Waals surface area contributed by atoms with E-state index in [-0.39, 0.29) is 6.04 Å². The molecule has 1 aliphatic heterocycles. The number of methoxy groups -OCH3 is 1. The molecule has 5 rings (SSSR count). The first-order chi connectivity index (χ1) is 18.4. The maximum absolute atomic E-state index is 6.27. The zero-order chi connectivity index (χ0) is 27.1. The second-order valence-electron chi connectivity index (χ2n) is 10.7. The van der Waals surface area contributed by atoms with Gasteiger partial charge in [-0.15, -0.1) is 0 Å². The smallest absolute Gasteiger partial charge is 0.118 e. The van der Waals surface area contributed by atoms with Gasteiger partial charge in [0.15, 0.2) is 0 Å². The standard InChI is InChI=1S/C26H31ClN2.C8H10O/c1-4-29-16-15-22-23-17-21(27)13-14-24(23)28-25(22)26(29)20-11-9-19(10-12-20)8-6-5-7-18(2)3;1-7-3-5-8(9-2)6-4-7/h4,9-14,17-18,26,28H,1,5-8,15-16H2,2-3H3;3-6H,1-2H3. The highest BCUT2D eigenvalue weighted by Gasteiger charge is 2.29. The van der Waals surface area contributed by atoms with Gasteiger partial charge in [0.25, 0.3) is 0 Å². The number of ether oxygens (including phenoxy) is 1. The Labute approximate surface area is 233 Å². The van der Waals surface area contributed by atoms with Crippen LogP contribution in [0.25, 0.3) is 10.9 Å². The molecule has 1 aliphatic rings. The molecule has 0 aliphatic carbocycles. The van der Waals surface area contributed by atoms with Gasteiger partial charge in [0.05, 0.1) is 13.2 Å². The molecule has 1 N–H and O–H groups in total. The topological polar surface area (TPSA) is 28.3 Å². The summed E-state index contributed by atoms with van der Waals surface area (Å²) in [5.74, 6) is 1.72. The average molecular weight is 529 g/mol. The van der Waals surface area contributed by atoms with Crippen molar-refractivity contribution in [2.45, 2.75) is 58.9 Å². The summed E-state index contributed by atoms with van der Waals surface area (Å²) in [4.78, 5) is 6.02. The van der Waals surface area contributed by atoms with Crippen molar-refractivity contribution in [2.75, 3.05) is 13.7 Å². The van der Waals surface area contributed by atoms with E-state index in [0.29, 0.717) is 0 Å². The average Bonchev–Trinajstić information content (AvgIpc) is 3.29. The van der Waals surface area contributed by atoms with Crippen molar-refractivity contribution in [3.8, 4) is 5.75 Å². The lowest BCUT2D eigenvalue weighted by atomic mass is 9.92. The molecule has 0 fully saturated rings. The molecule has 0 bridgehead atoms. The van der Waals surface area contributed by atoms with Crippen LogP contribution in [0.15, 0.2) is 79.5 Å². The number of hydrogen-bond acceptors (Lipinski definition) is 2. The number of H-pyrrole nitrogens is 1. The first-order valence-corrected chi connectivity index (χ1v) is 14.1. The molecule has 0 saturated carbocycles. The van der Waals surface area contributed by atoms with Crippen LogP contribution < -0.4 is 4.74 Å². The summed E-state index contributed by atoms with van der Waals surface area (Å²) < 4.78 is 4.97. The lowest BCUT2D eigenvalue weighted by molar-refractivity contribution is 0.298. The van der Waals surface area contributed by atoms with Gasteiger partial charge in [-0.1, -0.05) is 86.8 Å². The minimum absolute atomic E-state index is 0.178. The molecule has 2 heterocycles.